The van der Waals surface area contributed by atoms with Gasteiger partial charge in [0.2, 0.25) is 0 Å². The third-order valence-corrected chi connectivity index (χ3v) is 7.27. The van der Waals surface area contributed by atoms with Crippen molar-refractivity contribution in [2.45, 2.75) is 45.1 Å². The van der Waals surface area contributed by atoms with Crippen LogP contribution in [-0.2, 0) is 24.1 Å². The van der Waals surface area contributed by atoms with E-state index in [-0.39, 0.29) is 35.4 Å². The van der Waals surface area contributed by atoms with Crippen LogP contribution in [0.5, 0.6) is 5.75 Å². The number of alkyl halides is 3. The number of hydrogen-bond donors (Lipinski definition) is 2. The monoisotopic (exact) mass is 632 g/mol. The van der Waals surface area contributed by atoms with Crippen LogP contribution < -0.4 is 21.3 Å². The molecule has 1 heterocycles. The van der Waals surface area contributed by atoms with E-state index in [9.17, 15) is 31.9 Å². The van der Waals surface area contributed by atoms with Crippen LogP contribution >= 0.6 is 0 Å². The zero-order valence-electron chi connectivity index (χ0n) is 25.2. The molecule has 0 radical (unpaired) electrons. The van der Waals surface area contributed by atoms with Gasteiger partial charge in [0.1, 0.15) is 5.82 Å². The maximum absolute atomic E-state index is 15.6. The number of aromatic nitrogens is 2. The Hall–Kier alpha value is -4.78. The molecule has 1 unspecified atom stereocenters. The van der Waals surface area contributed by atoms with E-state index in [1.807, 2.05) is 0 Å². The molecule has 0 saturated heterocycles. The molecule has 8 nitrogen and oxygen atoms in total. The molecule has 0 amide bonds. The van der Waals surface area contributed by atoms with Gasteiger partial charge in [-0.05, 0) is 43.6 Å². The Labute approximate surface area is 255 Å². The summed E-state index contributed by atoms with van der Waals surface area (Å²) in [6.45, 7) is -1.36. The Balaban J connectivity index is 1.97. The quantitative estimate of drug-likeness (QED) is 0.199. The molecular weight excluding hydrogens is 601 g/mol. The maximum Gasteiger partial charge on any atom is 0.416 e. The van der Waals surface area contributed by atoms with Crippen LogP contribution in [0.25, 0.3) is 11.1 Å². The molecule has 2 N–H and O–H groups in total. The van der Waals surface area contributed by atoms with Crippen LogP contribution in [0, 0.1) is 18.6 Å². The number of nitrogens with zero attached hydrogens (tertiary/aromatic N) is 2. The van der Waals surface area contributed by atoms with E-state index >= 15 is 4.39 Å². The fraction of sp³-hybridized carbons (Fsp3) is 0.281. The molecule has 45 heavy (non-hydrogen) atoms. The van der Waals surface area contributed by atoms with Crippen LogP contribution in [0.4, 0.5) is 22.0 Å². The van der Waals surface area contributed by atoms with Crippen molar-refractivity contribution in [3.8, 4) is 16.9 Å². The average Bonchev–Trinajstić information content (AvgIpc) is 3.01. The molecule has 0 aliphatic heterocycles. The molecule has 4 rings (SSSR count). The van der Waals surface area contributed by atoms with E-state index in [4.69, 9.17) is 11.2 Å². The highest BCUT2D eigenvalue weighted by Crippen LogP contribution is 2.34. The highest BCUT2D eigenvalue weighted by molar-refractivity contribution is 5.68. The van der Waals surface area contributed by atoms with Gasteiger partial charge >= 0.3 is 17.8 Å². The first-order chi connectivity index (χ1) is 21.7. The highest BCUT2D eigenvalue weighted by atomic mass is 19.4. The third-order valence-electron chi connectivity index (χ3n) is 7.27. The third kappa shape index (κ3) is 7.31. The molecule has 0 bridgehead atoms. The summed E-state index contributed by atoms with van der Waals surface area (Å²) >= 11 is 0. The lowest BCUT2D eigenvalue weighted by Gasteiger charge is -2.23. The van der Waals surface area contributed by atoms with Gasteiger partial charge in [0.15, 0.2) is 11.6 Å². The fourth-order valence-electron chi connectivity index (χ4n) is 5.01. The van der Waals surface area contributed by atoms with Crippen LogP contribution in [0.3, 0.4) is 0 Å². The second-order valence-electron chi connectivity index (χ2n) is 10.1. The SMILES string of the molecule is [2H]C(CCC(=O)O)N[C@@H](Cn1c(=O)c(-c2cccc(OC)c2F)c(C)n(Cc2c(F)cccc2C(F)(F)F)c1=O)c1ccccc1. The topological polar surface area (TPSA) is 103 Å². The molecule has 3 aromatic carbocycles. The van der Waals surface area contributed by atoms with Crippen molar-refractivity contribution in [2.75, 3.05) is 13.6 Å². The van der Waals surface area contributed by atoms with Crippen LogP contribution in [-0.4, -0.2) is 33.8 Å². The molecule has 4 aromatic rings. The minimum atomic E-state index is -4.98. The standard InChI is InChI=1S/C32H30F5N3O5/c1-19-28(21-11-6-14-26(45-2)29(21)34)30(43)40(18-25(20-9-4-3-5-10-20)38-16-8-15-27(41)42)31(44)39(19)17-22-23(32(35,36)37)12-7-13-24(22)33/h3-7,9-14,25,38H,8,15-18H2,1-2H3,(H,41,42)/t25-/m0/s1/i16D/t16?,25-. The number of halogens is 5. The molecule has 0 saturated carbocycles. The summed E-state index contributed by atoms with van der Waals surface area (Å²) in [6, 6.07) is 13.6. The van der Waals surface area contributed by atoms with Gasteiger partial charge in [-0.1, -0.05) is 48.5 Å². The largest absolute Gasteiger partial charge is 0.494 e. The van der Waals surface area contributed by atoms with Gasteiger partial charge in [0, 0.05) is 24.6 Å². The first-order valence-corrected chi connectivity index (χ1v) is 13.7. The molecule has 2 atom stereocenters. The predicted molar refractivity (Wildman–Crippen MR) is 156 cm³/mol. The van der Waals surface area contributed by atoms with E-state index in [0.717, 1.165) is 16.7 Å². The fourth-order valence-corrected chi connectivity index (χ4v) is 5.01. The summed E-state index contributed by atoms with van der Waals surface area (Å²) < 4.78 is 87.1. The molecule has 1 aromatic heterocycles. The van der Waals surface area contributed by atoms with E-state index < -0.39 is 71.8 Å². The van der Waals surface area contributed by atoms with Crippen molar-refractivity contribution in [3.05, 3.63) is 122 Å². The second kappa shape index (κ2) is 13.9. The van der Waals surface area contributed by atoms with Crippen LogP contribution in [0.1, 0.15) is 42.6 Å². The van der Waals surface area contributed by atoms with Crippen molar-refractivity contribution in [2.24, 2.45) is 0 Å². The number of methoxy groups -OCH3 is 1. The summed E-state index contributed by atoms with van der Waals surface area (Å²) in [5, 5.41) is 11.9. The van der Waals surface area contributed by atoms with Crippen LogP contribution in [0.2, 0.25) is 0 Å². The van der Waals surface area contributed by atoms with Gasteiger partial charge in [-0.2, -0.15) is 13.2 Å². The summed E-state index contributed by atoms with van der Waals surface area (Å²) in [4.78, 5) is 39.1. The molecule has 0 aliphatic carbocycles. The summed E-state index contributed by atoms with van der Waals surface area (Å²) in [5.41, 5.74) is -4.70. The number of hydrogen-bond acceptors (Lipinski definition) is 5. The number of benzene rings is 3. The Morgan fingerprint density at radius 1 is 1.02 bits per heavy atom. The zero-order valence-corrected chi connectivity index (χ0v) is 24.2. The second-order valence-corrected chi connectivity index (χ2v) is 10.1. The smallest absolute Gasteiger partial charge is 0.416 e. The van der Waals surface area contributed by atoms with E-state index in [2.05, 4.69) is 5.32 Å². The van der Waals surface area contributed by atoms with Gasteiger partial charge in [-0.15, -0.1) is 0 Å². The number of nitrogens with one attached hydrogen (secondary N) is 1. The van der Waals surface area contributed by atoms with Crippen molar-refractivity contribution >= 4 is 5.97 Å². The summed E-state index contributed by atoms with van der Waals surface area (Å²) in [7, 11) is 1.20. The lowest BCUT2D eigenvalue weighted by Crippen LogP contribution is -2.45. The molecule has 0 aliphatic rings. The number of carboxylic acid groups (broad SMARTS) is 1. The van der Waals surface area contributed by atoms with Gasteiger partial charge < -0.3 is 15.2 Å². The first-order valence-electron chi connectivity index (χ1n) is 14.3. The number of carboxylic acids is 1. The Morgan fingerprint density at radius 3 is 2.36 bits per heavy atom. The Bertz CT molecular complexity index is 1840. The summed E-state index contributed by atoms with van der Waals surface area (Å²) in [5.74, 6) is -3.59. The highest BCUT2D eigenvalue weighted by Gasteiger charge is 2.35. The van der Waals surface area contributed by atoms with Gasteiger partial charge in [-0.25, -0.2) is 13.6 Å². The number of aliphatic carboxylic acids is 1. The molecule has 0 spiro atoms. The lowest BCUT2D eigenvalue weighted by atomic mass is 10.0. The van der Waals surface area contributed by atoms with Gasteiger partial charge in [0.05, 0.1) is 37.4 Å². The maximum atomic E-state index is 15.6. The van der Waals surface area contributed by atoms with Crippen molar-refractivity contribution in [1.29, 1.82) is 0 Å². The zero-order chi connectivity index (χ0) is 33.8. The molecular formula is C32H30F5N3O5. The van der Waals surface area contributed by atoms with Crippen molar-refractivity contribution < 1.29 is 38.0 Å². The van der Waals surface area contributed by atoms with Gasteiger partial charge in [0.25, 0.3) is 5.56 Å². The van der Waals surface area contributed by atoms with E-state index in [0.29, 0.717) is 16.2 Å². The minimum absolute atomic E-state index is 0.126. The Kier molecular flexibility index (Phi) is 9.77. The minimum Gasteiger partial charge on any atom is -0.494 e. The number of ether oxygens (including phenoxy) is 1. The Morgan fingerprint density at radius 2 is 1.71 bits per heavy atom. The van der Waals surface area contributed by atoms with Crippen molar-refractivity contribution in [3.63, 3.8) is 0 Å². The van der Waals surface area contributed by atoms with E-state index in [1.165, 1.54) is 32.2 Å². The first kappa shape index (κ1) is 31.6. The number of rotatable bonds is 12. The molecule has 0 fully saturated rings. The van der Waals surface area contributed by atoms with Gasteiger partial charge in [-0.3, -0.25) is 18.7 Å². The average molecular weight is 633 g/mol. The lowest BCUT2D eigenvalue weighted by molar-refractivity contribution is -0.138. The van der Waals surface area contributed by atoms with E-state index in [1.54, 1.807) is 30.3 Å². The van der Waals surface area contributed by atoms with Crippen molar-refractivity contribution in [1.82, 2.24) is 14.5 Å². The molecule has 238 valence electrons. The summed E-state index contributed by atoms with van der Waals surface area (Å²) in [6.07, 6.45) is -5.45. The number of carbonyl (C=O) groups is 1. The van der Waals surface area contributed by atoms with Crippen LogP contribution in [0.15, 0.2) is 76.3 Å². The normalized spacial score (nSPS) is 13.3. The predicted octanol–water partition coefficient (Wildman–Crippen LogP) is 5.54. The molecule has 13 heteroatoms.